The van der Waals surface area contributed by atoms with Crippen molar-refractivity contribution >= 4 is 0 Å². The van der Waals surface area contributed by atoms with Gasteiger partial charge in [-0.2, -0.15) is 0 Å². The standard InChI is InChI=1S/C145H112/c1-137(2)117-29-21-17-25-97(117)101-49-33-81(65-121(101)137)85-37-53-105-109-57-41-89(73-129(109)141(9,10)125(105)69-85)93-45-61-113-114-62-46-94(90-42-58-110-106-54-38-86(70-126(106)142(11,12)130(110)74-90)82-34-50-102-98-26-18-22-30-118(98)138(3,4)122(102)66-82)78-134(114)145(133(113)77-93)135-79-95(91-43-59-111-107-55-39-87(71-127(107)143(13,14)131(111)75-91)83-35-51-103-99-27-19-23-31-119(99)139(5,6)123(103)67-83)47-63-115(135)116-64-48-96(80-136(116)145)92-44-60-112-108-56-40-88(72-128(108)144(15,16)132(112)76-92)84-36-52-104-100-28-20-24-32-120(100)140(7,8)124(104)68-84/h17-80H,1-16H3. The van der Waals surface area contributed by atoms with Gasteiger partial charge in [0.1, 0.15) is 0 Å². The number of fused-ring (bicyclic) bond motifs is 34. The second-order valence-corrected chi connectivity index (χ2v) is 48.1. The Morgan fingerprint density at radius 1 is 0.0897 bits per heavy atom. The van der Waals surface area contributed by atoms with E-state index in [1.807, 2.05) is 0 Å². The van der Waals surface area contributed by atoms with Crippen LogP contribution in [0.15, 0.2) is 388 Å². The number of hydrogen-bond acceptors (Lipinski definition) is 0. The van der Waals surface area contributed by atoms with Crippen LogP contribution in [0.4, 0.5) is 0 Å². The molecule has 0 nitrogen and oxygen atoms in total. The highest BCUT2D eigenvalue weighted by molar-refractivity contribution is 6.02. The molecule has 10 aliphatic rings. The van der Waals surface area contributed by atoms with Crippen molar-refractivity contribution in [1.82, 2.24) is 0 Å². The molecule has 0 aliphatic heterocycles. The van der Waals surface area contributed by atoms with Crippen LogP contribution in [0.1, 0.15) is 222 Å². The molecule has 145 heavy (non-hydrogen) atoms. The average Bonchev–Trinajstić information content (AvgIpc) is 1.50. The maximum atomic E-state index is 2.65. The Bertz CT molecular complexity index is 8280. The summed E-state index contributed by atoms with van der Waals surface area (Å²) in [5, 5.41) is 0. The van der Waals surface area contributed by atoms with Gasteiger partial charge in [0.05, 0.1) is 5.41 Å². The lowest BCUT2D eigenvalue weighted by Gasteiger charge is -2.32. The van der Waals surface area contributed by atoms with E-state index >= 15 is 0 Å². The van der Waals surface area contributed by atoms with Gasteiger partial charge in [0.2, 0.25) is 0 Å². The third kappa shape index (κ3) is 11.2. The van der Waals surface area contributed by atoms with E-state index in [0.717, 1.165) is 0 Å². The topological polar surface area (TPSA) is 0 Å². The van der Waals surface area contributed by atoms with Crippen LogP contribution in [0.25, 0.3) is 200 Å². The predicted molar refractivity (Wildman–Crippen MR) is 607 cm³/mol. The van der Waals surface area contributed by atoms with Gasteiger partial charge in [-0.05, 0) is 409 Å². The van der Waals surface area contributed by atoms with Crippen molar-refractivity contribution in [3.63, 3.8) is 0 Å². The van der Waals surface area contributed by atoms with Crippen LogP contribution in [0.3, 0.4) is 0 Å². The molecule has 0 radical (unpaired) electrons. The summed E-state index contributed by atoms with van der Waals surface area (Å²) in [4.78, 5) is 0. The quantitative estimate of drug-likeness (QED) is 0.142. The summed E-state index contributed by atoms with van der Waals surface area (Å²) in [6.07, 6.45) is 0. The van der Waals surface area contributed by atoms with E-state index < -0.39 is 5.41 Å². The molecule has 0 fully saturated rings. The first kappa shape index (κ1) is 85.0. The molecular formula is C145H112. The first-order valence-corrected chi connectivity index (χ1v) is 52.6. The third-order valence-corrected chi connectivity index (χ3v) is 38.0. The number of benzene rings is 20. The summed E-state index contributed by atoms with van der Waals surface area (Å²) >= 11 is 0. The SMILES string of the molecule is CC1(C)c2ccccc2-c2ccc(-c3ccc4c(c3)C(C)(C)c3cc(-c5ccc6c(c5)C5(c7cc(-c8ccc9c(c8)C(C)(C)c8cc(-c%10ccc%11c(c%10)C(C)(C)c%10ccccc%10-%11)ccc8-9)ccc7-6)c6cc(-c7ccc8c(c7)C(C)(C)c7cc(-c9ccc%10c(c9)C(C)(C)c9ccccc9-%10)ccc7-8)ccc6-c6ccc(-c7ccc8c(c7)C(C)(C)c7cc(-c9ccc%10c(c9)C(C)(C)c9ccccc9-%10)ccc7-8)cc65)ccc3-4)cc21. The molecule has 0 saturated carbocycles. The van der Waals surface area contributed by atoms with Crippen molar-refractivity contribution in [3.8, 4) is 200 Å². The molecule has 692 valence electrons. The van der Waals surface area contributed by atoms with Crippen molar-refractivity contribution in [2.45, 2.75) is 160 Å². The van der Waals surface area contributed by atoms with Gasteiger partial charge in [-0.3, -0.25) is 0 Å². The minimum atomic E-state index is -0.819. The normalized spacial score (nSPS) is 16.8. The van der Waals surface area contributed by atoms with Gasteiger partial charge in [0.25, 0.3) is 0 Å². The monoisotopic (exact) mass is 1850 g/mol. The molecule has 10 aliphatic carbocycles. The zero-order chi connectivity index (χ0) is 98.1. The Morgan fingerprint density at radius 2 is 0.179 bits per heavy atom. The van der Waals surface area contributed by atoms with Crippen LogP contribution >= 0.6 is 0 Å². The predicted octanol–water partition coefficient (Wildman–Crippen LogP) is 37.8. The highest BCUT2D eigenvalue weighted by Crippen LogP contribution is 2.68. The second kappa shape index (κ2) is 28.5. The van der Waals surface area contributed by atoms with E-state index in [4.69, 9.17) is 0 Å². The molecule has 1 spiro atoms. The molecule has 0 heterocycles. The fourth-order valence-electron chi connectivity index (χ4n) is 29.9. The van der Waals surface area contributed by atoms with Gasteiger partial charge in [-0.15, -0.1) is 0 Å². The van der Waals surface area contributed by atoms with Crippen molar-refractivity contribution in [2.75, 3.05) is 0 Å². The van der Waals surface area contributed by atoms with Gasteiger partial charge >= 0.3 is 0 Å². The molecule has 0 atom stereocenters. The maximum absolute atomic E-state index is 2.65. The van der Waals surface area contributed by atoms with E-state index in [2.05, 4.69) is 499 Å². The summed E-state index contributed by atoms with van der Waals surface area (Å²) in [5.41, 5.74) is 71.3. The lowest BCUT2D eigenvalue weighted by molar-refractivity contribution is 0.659. The average molecular weight is 1850 g/mol. The van der Waals surface area contributed by atoms with Crippen LogP contribution < -0.4 is 0 Å². The largest absolute Gasteiger partial charge is 0.0726 e. The van der Waals surface area contributed by atoms with Gasteiger partial charge in [-0.1, -0.05) is 402 Å². The minimum absolute atomic E-state index is 0.0984. The van der Waals surface area contributed by atoms with Gasteiger partial charge < -0.3 is 0 Å². The second-order valence-electron chi connectivity index (χ2n) is 48.1. The number of hydrogen-bond donors (Lipinski definition) is 0. The summed E-state index contributed by atoms with van der Waals surface area (Å²) in [7, 11) is 0. The van der Waals surface area contributed by atoms with Gasteiger partial charge in [0, 0.05) is 43.3 Å². The molecular weight excluding hydrogens is 1740 g/mol. The van der Waals surface area contributed by atoms with Crippen LogP contribution in [-0.2, 0) is 48.7 Å². The van der Waals surface area contributed by atoms with E-state index in [-0.39, 0.29) is 43.3 Å². The van der Waals surface area contributed by atoms with Crippen LogP contribution in [0, 0.1) is 0 Å². The molecule has 0 heteroatoms. The first-order chi connectivity index (χ1) is 69.8. The molecule has 0 unspecified atom stereocenters. The smallest absolute Gasteiger partial charge is 0.0619 e. The Balaban J connectivity index is 0.579. The fourth-order valence-corrected chi connectivity index (χ4v) is 29.9. The Morgan fingerprint density at radius 3 is 0.303 bits per heavy atom. The molecule has 0 aromatic heterocycles. The lowest BCUT2D eigenvalue weighted by Crippen LogP contribution is -2.26. The van der Waals surface area contributed by atoms with Crippen molar-refractivity contribution in [1.29, 1.82) is 0 Å². The molecule has 0 bridgehead atoms. The van der Waals surface area contributed by atoms with E-state index in [1.54, 1.807) is 0 Å². The molecule has 0 saturated heterocycles. The molecule has 20 aromatic rings. The van der Waals surface area contributed by atoms with Crippen LogP contribution in [0.5, 0.6) is 0 Å². The number of rotatable bonds is 8. The van der Waals surface area contributed by atoms with Crippen molar-refractivity contribution in [3.05, 3.63) is 500 Å². The maximum Gasteiger partial charge on any atom is 0.0726 e. The zero-order valence-corrected chi connectivity index (χ0v) is 85.5. The lowest BCUT2D eigenvalue weighted by atomic mass is 9.69. The Kier molecular flexibility index (Phi) is 16.7. The third-order valence-electron chi connectivity index (χ3n) is 38.0. The Labute approximate surface area is 853 Å². The molecule has 0 amide bonds. The van der Waals surface area contributed by atoms with E-state index in [0.29, 0.717) is 0 Å². The molecule has 30 rings (SSSR count). The highest BCUT2D eigenvalue weighted by Gasteiger charge is 2.54. The van der Waals surface area contributed by atoms with E-state index in [1.165, 1.54) is 312 Å². The van der Waals surface area contributed by atoms with Crippen LogP contribution in [-0.4, -0.2) is 0 Å². The highest BCUT2D eigenvalue weighted by atomic mass is 14.6. The van der Waals surface area contributed by atoms with Crippen LogP contribution in [0.2, 0.25) is 0 Å². The summed E-state index contributed by atoms with van der Waals surface area (Å²) < 4.78 is 0. The van der Waals surface area contributed by atoms with Gasteiger partial charge in [0.15, 0.2) is 0 Å². The van der Waals surface area contributed by atoms with Crippen molar-refractivity contribution in [2.24, 2.45) is 0 Å². The summed E-state index contributed by atoms with van der Waals surface area (Å²) in [6.45, 7) is 38.9. The fraction of sp³-hybridized carbons (Fsp3) is 0.172. The van der Waals surface area contributed by atoms with Gasteiger partial charge in [-0.25, -0.2) is 0 Å². The minimum Gasteiger partial charge on any atom is -0.0619 e. The zero-order valence-electron chi connectivity index (χ0n) is 85.5. The Hall–Kier alpha value is -15.6. The summed E-state index contributed by atoms with van der Waals surface area (Å²) in [6, 6.07) is 154. The van der Waals surface area contributed by atoms with Crippen molar-refractivity contribution < 1.29 is 0 Å². The molecule has 0 N–H and O–H groups in total. The first-order valence-electron chi connectivity index (χ1n) is 52.6. The van der Waals surface area contributed by atoms with E-state index in [9.17, 15) is 0 Å². The summed E-state index contributed by atoms with van der Waals surface area (Å²) in [5.74, 6) is 0. The molecule has 20 aromatic carbocycles.